The summed E-state index contributed by atoms with van der Waals surface area (Å²) in [5.41, 5.74) is 1.08. The smallest absolute Gasteiger partial charge is 0.258 e. The molecule has 6 nitrogen and oxygen atoms in total. The lowest BCUT2D eigenvalue weighted by molar-refractivity contribution is -0.123. The molecule has 0 aliphatic carbocycles. The highest BCUT2D eigenvalue weighted by atomic mass is 35.5. The van der Waals surface area contributed by atoms with E-state index < -0.39 is 0 Å². The SMILES string of the molecule is CC(=O)c1ccc(OCC(=O)NCCNC(=O)c2ccc(Cl)cc2)cc1. The van der Waals surface area contributed by atoms with Crippen molar-refractivity contribution in [1.82, 2.24) is 10.6 Å². The van der Waals surface area contributed by atoms with Crippen molar-refractivity contribution >= 4 is 29.2 Å². The first-order valence-electron chi connectivity index (χ1n) is 8.00. The number of ketones is 1. The maximum Gasteiger partial charge on any atom is 0.258 e. The highest BCUT2D eigenvalue weighted by Crippen LogP contribution is 2.12. The van der Waals surface area contributed by atoms with E-state index >= 15 is 0 Å². The van der Waals surface area contributed by atoms with Crippen molar-refractivity contribution in [3.05, 3.63) is 64.7 Å². The van der Waals surface area contributed by atoms with Gasteiger partial charge in [-0.2, -0.15) is 0 Å². The van der Waals surface area contributed by atoms with Crippen molar-refractivity contribution in [3.8, 4) is 5.75 Å². The molecule has 0 fully saturated rings. The number of amides is 2. The summed E-state index contributed by atoms with van der Waals surface area (Å²) in [4.78, 5) is 34.8. The fourth-order valence-electron chi connectivity index (χ4n) is 2.07. The van der Waals surface area contributed by atoms with Gasteiger partial charge < -0.3 is 15.4 Å². The summed E-state index contributed by atoms with van der Waals surface area (Å²) in [6.07, 6.45) is 0. The number of nitrogens with one attached hydrogen (secondary N) is 2. The minimum Gasteiger partial charge on any atom is -0.484 e. The number of hydrogen-bond donors (Lipinski definition) is 2. The molecule has 2 aromatic carbocycles. The number of hydrogen-bond acceptors (Lipinski definition) is 4. The fraction of sp³-hybridized carbons (Fsp3) is 0.211. The van der Waals surface area contributed by atoms with Gasteiger partial charge in [0, 0.05) is 29.2 Å². The number of carbonyl (C=O) groups excluding carboxylic acids is 3. The van der Waals surface area contributed by atoms with Gasteiger partial charge in [-0.05, 0) is 55.5 Å². The summed E-state index contributed by atoms with van der Waals surface area (Å²) in [6.45, 7) is 1.91. The van der Waals surface area contributed by atoms with Crippen molar-refractivity contribution in [1.29, 1.82) is 0 Å². The molecule has 0 bridgehead atoms. The van der Waals surface area contributed by atoms with Crippen LogP contribution in [-0.2, 0) is 4.79 Å². The third kappa shape index (κ3) is 6.22. The Kier molecular flexibility index (Phi) is 7.17. The van der Waals surface area contributed by atoms with Crippen LogP contribution in [0.4, 0.5) is 0 Å². The zero-order valence-corrected chi connectivity index (χ0v) is 15.0. The van der Waals surface area contributed by atoms with Crippen LogP contribution in [0.3, 0.4) is 0 Å². The number of rotatable bonds is 8. The van der Waals surface area contributed by atoms with Crippen molar-refractivity contribution in [2.45, 2.75) is 6.92 Å². The lowest BCUT2D eigenvalue weighted by Crippen LogP contribution is -2.36. The first-order valence-corrected chi connectivity index (χ1v) is 8.38. The van der Waals surface area contributed by atoms with Gasteiger partial charge in [0.1, 0.15) is 5.75 Å². The van der Waals surface area contributed by atoms with Crippen molar-refractivity contribution in [2.24, 2.45) is 0 Å². The van der Waals surface area contributed by atoms with E-state index in [2.05, 4.69) is 10.6 Å². The minimum atomic E-state index is -0.304. The standard InChI is InChI=1S/C19H19ClN2O4/c1-13(23)14-4-8-17(9-5-14)26-12-18(24)21-10-11-22-19(25)15-2-6-16(20)7-3-15/h2-9H,10-12H2,1H3,(H,21,24)(H,22,25). The van der Waals surface area contributed by atoms with E-state index in [1.807, 2.05) is 0 Å². The monoisotopic (exact) mass is 374 g/mol. The van der Waals surface area contributed by atoms with Crippen LogP contribution < -0.4 is 15.4 Å². The van der Waals surface area contributed by atoms with Crippen LogP contribution in [0.5, 0.6) is 5.75 Å². The molecule has 2 amide bonds. The molecule has 0 heterocycles. The first kappa shape index (κ1) is 19.5. The highest BCUT2D eigenvalue weighted by molar-refractivity contribution is 6.30. The first-order chi connectivity index (χ1) is 12.5. The molecule has 0 aliphatic heterocycles. The second kappa shape index (κ2) is 9.58. The average molecular weight is 375 g/mol. The Morgan fingerprint density at radius 3 is 2.08 bits per heavy atom. The van der Waals surface area contributed by atoms with E-state index in [-0.39, 0.29) is 30.7 Å². The molecule has 0 saturated heterocycles. The molecule has 136 valence electrons. The molecular formula is C19H19ClN2O4. The van der Waals surface area contributed by atoms with Gasteiger partial charge >= 0.3 is 0 Å². The van der Waals surface area contributed by atoms with Crippen LogP contribution in [0.25, 0.3) is 0 Å². The number of Topliss-reactive ketones (excluding diaryl/α,β-unsaturated/α-hetero) is 1. The summed E-state index contributed by atoms with van der Waals surface area (Å²) in [6, 6.07) is 13.1. The third-order valence-electron chi connectivity index (χ3n) is 3.47. The fourth-order valence-corrected chi connectivity index (χ4v) is 2.19. The Bertz CT molecular complexity index is 773. The summed E-state index contributed by atoms with van der Waals surface area (Å²) in [7, 11) is 0. The molecule has 0 atom stereocenters. The molecule has 0 spiro atoms. The van der Waals surface area contributed by atoms with E-state index in [0.29, 0.717) is 28.4 Å². The van der Waals surface area contributed by atoms with Gasteiger partial charge in [0.25, 0.3) is 11.8 Å². The Hall–Kier alpha value is -2.86. The third-order valence-corrected chi connectivity index (χ3v) is 3.72. The minimum absolute atomic E-state index is 0.0325. The van der Waals surface area contributed by atoms with Gasteiger partial charge in [-0.1, -0.05) is 11.6 Å². The molecule has 0 unspecified atom stereocenters. The van der Waals surface area contributed by atoms with Gasteiger partial charge in [-0.3, -0.25) is 14.4 Å². The van der Waals surface area contributed by atoms with Gasteiger partial charge in [0.15, 0.2) is 12.4 Å². The van der Waals surface area contributed by atoms with Crippen LogP contribution in [0.2, 0.25) is 5.02 Å². The van der Waals surface area contributed by atoms with Crippen LogP contribution >= 0.6 is 11.6 Å². The zero-order chi connectivity index (χ0) is 18.9. The average Bonchev–Trinajstić information content (AvgIpc) is 2.64. The molecule has 7 heteroatoms. The number of ether oxygens (including phenoxy) is 1. The van der Waals surface area contributed by atoms with Crippen LogP contribution in [-0.4, -0.2) is 37.3 Å². The maximum absolute atomic E-state index is 11.9. The van der Waals surface area contributed by atoms with E-state index in [0.717, 1.165) is 0 Å². The predicted octanol–water partition coefficient (Wildman–Crippen LogP) is 2.47. The summed E-state index contributed by atoms with van der Waals surface area (Å²) >= 11 is 5.77. The van der Waals surface area contributed by atoms with Gasteiger partial charge in [-0.25, -0.2) is 0 Å². The maximum atomic E-state index is 11.9. The van der Waals surface area contributed by atoms with Crippen molar-refractivity contribution in [3.63, 3.8) is 0 Å². The summed E-state index contributed by atoms with van der Waals surface area (Å²) in [5.74, 6) is -0.0738. The second-order valence-electron chi connectivity index (χ2n) is 5.48. The van der Waals surface area contributed by atoms with Gasteiger partial charge in [0.05, 0.1) is 0 Å². The Balaban J connectivity index is 1.65. The van der Waals surface area contributed by atoms with E-state index in [9.17, 15) is 14.4 Å². The highest BCUT2D eigenvalue weighted by Gasteiger charge is 2.06. The molecule has 2 rings (SSSR count). The quantitative estimate of drug-likeness (QED) is 0.549. The van der Waals surface area contributed by atoms with E-state index in [1.54, 1.807) is 48.5 Å². The normalized spacial score (nSPS) is 10.1. The molecule has 2 N–H and O–H groups in total. The zero-order valence-electron chi connectivity index (χ0n) is 14.3. The van der Waals surface area contributed by atoms with Crippen molar-refractivity contribution in [2.75, 3.05) is 19.7 Å². The van der Waals surface area contributed by atoms with E-state index in [1.165, 1.54) is 6.92 Å². The molecule has 0 radical (unpaired) electrons. The Labute approximate surface area is 156 Å². The molecule has 0 saturated carbocycles. The summed E-state index contributed by atoms with van der Waals surface area (Å²) in [5, 5.41) is 5.90. The van der Waals surface area contributed by atoms with Gasteiger partial charge in [0.2, 0.25) is 0 Å². The molecule has 2 aromatic rings. The Morgan fingerprint density at radius 2 is 1.46 bits per heavy atom. The van der Waals surface area contributed by atoms with E-state index in [4.69, 9.17) is 16.3 Å². The van der Waals surface area contributed by atoms with Crippen LogP contribution in [0.1, 0.15) is 27.6 Å². The lowest BCUT2D eigenvalue weighted by atomic mass is 10.1. The molecular weight excluding hydrogens is 356 g/mol. The van der Waals surface area contributed by atoms with Crippen LogP contribution in [0.15, 0.2) is 48.5 Å². The number of carbonyl (C=O) groups is 3. The van der Waals surface area contributed by atoms with Crippen LogP contribution in [0, 0.1) is 0 Å². The van der Waals surface area contributed by atoms with Gasteiger partial charge in [-0.15, -0.1) is 0 Å². The second-order valence-corrected chi connectivity index (χ2v) is 5.92. The summed E-state index contributed by atoms with van der Waals surface area (Å²) < 4.78 is 5.34. The number of benzene rings is 2. The largest absolute Gasteiger partial charge is 0.484 e. The van der Waals surface area contributed by atoms with Crippen molar-refractivity contribution < 1.29 is 19.1 Å². The molecule has 26 heavy (non-hydrogen) atoms. The number of halogens is 1. The molecule has 0 aromatic heterocycles. The topological polar surface area (TPSA) is 84.5 Å². The molecule has 0 aliphatic rings. The Morgan fingerprint density at radius 1 is 0.885 bits per heavy atom. The lowest BCUT2D eigenvalue weighted by Gasteiger charge is -2.09. The predicted molar refractivity (Wildman–Crippen MR) is 98.7 cm³/mol.